The Labute approximate surface area is 121 Å². The zero-order chi connectivity index (χ0) is 13.7. The minimum Gasteiger partial charge on any atom is -0.492 e. The highest BCUT2D eigenvalue weighted by molar-refractivity contribution is 9.10. The number of hydrogen-bond donors (Lipinski definition) is 0. The number of nitriles is 1. The molecule has 1 heterocycles. The molecular weight excluding hydrogens is 308 g/mol. The molecule has 1 amide bonds. The molecule has 1 aromatic rings. The molecule has 1 fully saturated rings. The van der Waals surface area contributed by atoms with Gasteiger partial charge in [0.15, 0.2) is 0 Å². The van der Waals surface area contributed by atoms with E-state index in [9.17, 15) is 4.79 Å². The Kier molecular flexibility index (Phi) is 4.80. The lowest BCUT2D eigenvalue weighted by Crippen LogP contribution is -2.41. The van der Waals surface area contributed by atoms with E-state index in [0.717, 1.165) is 10.2 Å². The molecule has 2 rings (SSSR count). The fraction of sp³-hybridized carbons (Fsp3) is 0.429. The van der Waals surface area contributed by atoms with Gasteiger partial charge in [0.25, 0.3) is 0 Å². The smallest absolute Gasteiger partial charge is 0.222 e. The Morgan fingerprint density at radius 1 is 1.42 bits per heavy atom. The monoisotopic (exact) mass is 322 g/mol. The number of halogens is 1. The summed E-state index contributed by atoms with van der Waals surface area (Å²) in [6.07, 6.45) is 1.15. The van der Waals surface area contributed by atoms with E-state index in [4.69, 9.17) is 10.00 Å². The Hall–Kier alpha value is -1.54. The van der Waals surface area contributed by atoms with Crippen LogP contribution < -0.4 is 4.74 Å². The molecule has 1 aliphatic heterocycles. The average molecular weight is 323 g/mol. The molecule has 1 unspecified atom stereocenters. The largest absolute Gasteiger partial charge is 0.492 e. The van der Waals surface area contributed by atoms with Crippen LogP contribution in [0, 0.1) is 17.2 Å². The lowest BCUT2D eigenvalue weighted by Gasteiger charge is -2.29. The van der Waals surface area contributed by atoms with Gasteiger partial charge in [0.2, 0.25) is 5.91 Å². The van der Waals surface area contributed by atoms with Crippen molar-refractivity contribution in [2.45, 2.75) is 12.8 Å². The third-order valence-electron chi connectivity index (χ3n) is 3.13. The van der Waals surface area contributed by atoms with Gasteiger partial charge in [-0.3, -0.25) is 4.79 Å². The molecule has 5 heteroatoms. The van der Waals surface area contributed by atoms with Crippen LogP contribution in [0.15, 0.2) is 28.7 Å². The summed E-state index contributed by atoms with van der Waals surface area (Å²) in [6.45, 7) is 1.51. The maximum absolute atomic E-state index is 11.7. The normalized spacial score (nSPS) is 19.1. The van der Waals surface area contributed by atoms with Crippen LogP contribution in [0.5, 0.6) is 5.75 Å². The molecule has 0 aromatic heterocycles. The number of benzene rings is 1. The molecule has 0 radical (unpaired) electrons. The van der Waals surface area contributed by atoms with Crippen LogP contribution in [-0.2, 0) is 4.79 Å². The van der Waals surface area contributed by atoms with Gasteiger partial charge in [0.05, 0.1) is 18.5 Å². The first kappa shape index (κ1) is 13.9. The Morgan fingerprint density at radius 2 is 2.16 bits per heavy atom. The molecule has 100 valence electrons. The molecule has 0 aliphatic carbocycles. The molecule has 19 heavy (non-hydrogen) atoms. The number of nitrogens with zero attached hydrogens (tertiary/aromatic N) is 2. The standard InChI is InChI=1S/C14H15BrN2O2/c15-12-2-4-13(5-3-12)19-8-7-17-10-11(9-16)1-6-14(17)18/h2-5,11H,1,6-8,10H2. The van der Waals surface area contributed by atoms with E-state index in [1.807, 2.05) is 24.3 Å². The van der Waals surface area contributed by atoms with Crippen molar-refractivity contribution in [1.82, 2.24) is 4.90 Å². The number of piperidine rings is 1. The fourth-order valence-corrected chi connectivity index (χ4v) is 2.31. The van der Waals surface area contributed by atoms with Crippen molar-refractivity contribution in [1.29, 1.82) is 5.26 Å². The van der Waals surface area contributed by atoms with Gasteiger partial charge < -0.3 is 9.64 Å². The van der Waals surface area contributed by atoms with Crippen LogP contribution >= 0.6 is 15.9 Å². The molecule has 0 saturated carbocycles. The molecule has 1 aliphatic rings. The van der Waals surface area contributed by atoms with Gasteiger partial charge in [-0.15, -0.1) is 0 Å². The zero-order valence-corrected chi connectivity index (χ0v) is 12.1. The number of likely N-dealkylation sites (tertiary alicyclic amines) is 1. The molecule has 4 nitrogen and oxygen atoms in total. The van der Waals surface area contributed by atoms with Crippen molar-refractivity contribution >= 4 is 21.8 Å². The zero-order valence-electron chi connectivity index (χ0n) is 10.5. The Morgan fingerprint density at radius 3 is 2.84 bits per heavy atom. The first-order valence-corrected chi connectivity index (χ1v) is 7.04. The van der Waals surface area contributed by atoms with Gasteiger partial charge in [-0.1, -0.05) is 15.9 Å². The van der Waals surface area contributed by atoms with Gasteiger partial charge in [0.1, 0.15) is 12.4 Å². The van der Waals surface area contributed by atoms with Crippen LogP contribution in [0.2, 0.25) is 0 Å². The van der Waals surface area contributed by atoms with Gasteiger partial charge in [-0.25, -0.2) is 0 Å². The van der Waals surface area contributed by atoms with E-state index in [1.54, 1.807) is 4.90 Å². The summed E-state index contributed by atoms with van der Waals surface area (Å²) < 4.78 is 6.59. The van der Waals surface area contributed by atoms with Crippen molar-refractivity contribution in [3.8, 4) is 11.8 Å². The third-order valence-corrected chi connectivity index (χ3v) is 3.65. The minimum atomic E-state index is -0.0367. The van der Waals surface area contributed by atoms with E-state index in [-0.39, 0.29) is 11.8 Å². The van der Waals surface area contributed by atoms with E-state index < -0.39 is 0 Å². The highest BCUT2D eigenvalue weighted by Gasteiger charge is 2.24. The van der Waals surface area contributed by atoms with Crippen LogP contribution in [0.25, 0.3) is 0 Å². The van der Waals surface area contributed by atoms with Crippen LogP contribution in [0.4, 0.5) is 0 Å². The van der Waals surface area contributed by atoms with Gasteiger partial charge in [-0.05, 0) is 30.7 Å². The molecule has 0 bridgehead atoms. The first-order chi connectivity index (χ1) is 9.19. The average Bonchev–Trinajstić information content (AvgIpc) is 2.43. The number of rotatable bonds is 4. The van der Waals surface area contributed by atoms with Crippen LogP contribution in [-0.4, -0.2) is 30.5 Å². The van der Waals surface area contributed by atoms with E-state index in [1.165, 1.54) is 0 Å². The van der Waals surface area contributed by atoms with Crippen LogP contribution in [0.1, 0.15) is 12.8 Å². The summed E-state index contributed by atoms with van der Waals surface area (Å²) in [5.74, 6) is 0.862. The van der Waals surface area contributed by atoms with Crippen LogP contribution in [0.3, 0.4) is 0 Å². The first-order valence-electron chi connectivity index (χ1n) is 6.25. The van der Waals surface area contributed by atoms with Crippen molar-refractivity contribution in [3.05, 3.63) is 28.7 Å². The Balaban J connectivity index is 1.80. The number of ether oxygens (including phenoxy) is 1. The molecular formula is C14H15BrN2O2. The van der Waals surface area contributed by atoms with Gasteiger partial charge in [-0.2, -0.15) is 5.26 Å². The highest BCUT2D eigenvalue weighted by Crippen LogP contribution is 2.18. The van der Waals surface area contributed by atoms with E-state index in [0.29, 0.717) is 32.5 Å². The molecule has 1 atom stereocenters. The maximum Gasteiger partial charge on any atom is 0.222 e. The maximum atomic E-state index is 11.7. The highest BCUT2D eigenvalue weighted by atomic mass is 79.9. The quantitative estimate of drug-likeness (QED) is 0.856. The minimum absolute atomic E-state index is 0.0367. The molecule has 0 N–H and O–H groups in total. The summed E-state index contributed by atoms with van der Waals surface area (Å²) >= 11 is 3.36. The van der Waals surface area contributed by atoms with Crippen molar-refractivity contribution in [3.63, 3.8) is 0 Å². The lowest BCUT2D eigenvalue weighted by atomic mass is 9.99. The second-order valence-electron chi connectivity index (χ2n) is 4.51. The predicted molar refractivity (Wildman–Crippen MR) is 74.6 cm³/mol. The summed E-state index contributed by atoms with van der Waals surface area (Å²) in [7, 11) is 0. The molecule has 1 saturated heterocycles. The van der Waals surface area contributed by atoms with E-state index in [2.05, 4.69) is 22.0 Å². The number of hydrogen-bond acceptors (Lipinski definition) is 3. The van der Waals surface area contributed by atoms with Gasteiger partial charge >= 0.3 is 0 Å². The SMILES string of the molecule is N#CC1CCC(=O)N(CCOc2ccc(Br)cc2)C1. The second-order valence-corrected chi connectivity index (χ2v) is 5.42. The van der Waals surface area contributed by atoms with Crippen molar-refractivity contribution in [2.75, 3.05) is 19.7 Å². The summed E-state index contributed by atoms with van der Waals surface area (Å²) in [4.78, 5) is 13.4. The van der Waals surface area contributed by atoms with Crippen molar-refractivity contribution in [2.24, 2.45) is 5.92 Å². The topological polar surface area (TPSA) is 53.3 Å². The number of carbonyl (C=O) groups excluding carboxylic acids is 1. The van der Waals surface area contributed by atoms with Gasteiger partial charge in [0, 0.05) is 17.4 Å². The number of amides is 1. The Bertz CT molecular complexity index is 481. The molecule has 1 aromatic carbocycles. The van der Waals surface area contributed by atoms with E-state index >= 15 is 0 Å². The predicted octanol–water partition coefficient (Wildman–Crippen LogP) is 2.59. The third kappa shape index (κ3) is 3.97. The lowest BCUT2D eigenvalue weighted by molar-refractivity contribution is -0.134. The molecule has 0 spiro atoms. The van der Waals surface area contributed by atoms with Crippen molar-refractivity contribution < 1.29 is 9.53 Å². The second kappa shape index (κ2) is 6.58. The summed E-state index contributed by atoms with van der Waals surface area (Å²) in [5, 5.41) is 8.90. The fourth-order valence-electron chi connectivity index (χ4n) is 2.04. The summed E-state index contributed by atoms with van der Waals surface area (Å²) in [6, 6.07) is 9.80. The summed E-state index contributed by atoms with van der Waals surface area (Å²) in [5.41, 5.74) is 0. The number of carbonyl (C=O) groups is 1.